The molecule has 2 amide bonds. The third kappa shape index (κ3) is 4.34. The van der Waals surface area contributed by atoms with Gasteiger partial charge in [-0.15, -0.1) is 0 Å². The van der Waals surface area contributed by atoms with Crippen molar-refractivity contribution in [3.8, 4) is 0 Å². The third-order valence-corrected chi connectivity index (χ3v) is 4.75. The molecular formula is C15H13ClN2O4S2. The molecule has 0 saturated carbocycles. The molecule has 1 aromatic carbocycles. The average Bonchev–Trinajstić information content (AvgIpc) is 2.80. The van der Waals surface area contributed by atoms with Gasteiger partial charge in [0, 0.05) is 5.02 Å². The van der Waals surface area contributed by atoms with Crippen molar-refractivity contribution in [2.75, 3.05) is 6.54 Å². The van der Waals surface area contributed by atoms with Crippen LogP contribution >= 0.6 is 35.6 Å². The third-order valence-electron chi connectivity index (χ3n) is 3.17. The number of nitrogens with zero attached hydrogens (tertiary/aromatic N) is 1. The first-order valence-corrected chi connectivity index (χ1v) is 8.42. The predicted molar refractivity (Wildman–Crippen MR) is 96.6 cm³/mol. The molecule has 1 aliphatic heterocycles. The number of carboxylic acids is 1. The second kappa shape index (κ2) is 7.78. The normalized spacial score (nSPS) is 17.2. The monoisotopic (exact) mass is 384 g/mol. The topological polar surface area (TPSA) is 86.7 Å². The molecule has 24 heavy (non-hydrogen) atoms. The number of nitrogens with one attached hydrogen (secondary N) is 1. The Morgan fingerprint density at radius 1 is 1.42 bits per heavy atom. The summed E-state index contributed by atoms with van der Waals surface area (Å²) < 4.78 is 0.248. The van der Waals surface area contributed by atoms with E-state index >= 15 is 0 Å². The molecule has 0 aliphatic carbocycles. The Labute approximate surface area is 152 Å². The molecule has 0 spiro atoms. The molecule has 6 nitrogen and oxygen atoms in total. The Balaban J connectivity index is 2.14. The van der Waals surface area contributed by atoms with Gasteiger partial charge in [-0.3, -0.25) is 19.3 Å². The lowest BCUT2D eigenvalue weighted by Gasteiger charge is -2.21. The number of thiocarbonyl (C=S) groups is 1. The highest BCUT2D eigenvalue weighted by molar-refractivity contribution is 8.26. The first-order chi connectivity index (χ1) is 11.3. The van der Waals surface area contributed by atoms with Crippen molar-refractivity contribution in [1.29, 1.82) is 0 Å². The number of hydrogen-bond donors (Lipinski definition) is 2. The van der Waals surface area contributed by atoms with Crippen molar-refractivity contribution >= 4 is 63.8 Å². The van der Waals surface area contributed by atoms with Crippen LogP contribution in [0.25, 0.3) is 6.08 Å². The number of carboxylic acid groups (broad SMARTS) is 1. The highest BCUT2D eigenvalue weighted by Crippen LogP contribution is 2.34. The van der Waals surface area contributed by atoms with Crippen LogP contribution in [0.2, 0.25) is 5.02 Å². The zero-order chi connectivity index (χ0) is 17.9. The van der Waals surface area contributed by atoms with Gasteiger partial charge in [-0.25, -0.2) is 0 Å². The number of rotatable bonds is 5. The molecule has 1 unspecified atom stereocenters. The van der Waals surface area contributed by atoms with E-state index in [0.29, 0.717) is 9.93 Å². The van der Waals surface area contributed by atoms with Crippen molar-refractivity contribution < 1.29 is 19.5 Å². The van der Waals surface area contributed by atoms with Crippen LogP contribution in [0.15, 0.2) is 29.2 Å². The number of aliphatic carboxylic acids is 1. The summed E-state index contributed by atoms with van der Waals surface area (Å²) in [7, 11) is 0. The van der Waals surface area contributed by atoms with Crippen LogP contribution in [0.3, 0.4) is 0 Å². The van der Waals surface area contributed by atoms with Gasteiger partial charge in [0.15, 0.2) is 0 Å². The number of carbonyl (C=O) groups excluding carboxylic acids is 2. The number of amides is 2. The summed E-state index contributed by atoms with van der Waals surface area (Å²) >= 11 is 12.1. The fourth-order valence-electron chi connectivity index (χ4n) is 1.95. The Kier molecular flexibility index (Phi) is 5.98. The maximum atomic E-state index is 12.5. The van der Waals surface area contributed by atoms with E-state index in [-0.39, 0.29) is 4.32 Å². The summed E-state index contributed by atoms with van der Waals surface area (Å²) in [5, 5.41) is 11.4. The first kappa shape index (κ1) is 18.4. The molecule has 1 heterocycles. The number of hydrogen-bond acceptors (Lipinski definition) is 5. The molecule has 1 aromatic rings. The van der Waals surface area contributed by atoms with Crippen LogP contribution in [-0.2, 0) is 14.4 Å². The molecule has 0 radical (unpaired) electrons. The molecule has 1 atom stereocenters. The minimum absolute atomic E-state index is 0.248. The quantitative estimate of drug-likeness (QED) is 0.597. The van der Waals surface area contributed by atoms with Crippen LogP contribution in [0.4, 0.5) is 0 Å². The number of halogens is 1. The summed E-state index contributed by atoms with van der Waals surface area (Å²) in [6.45, 7) is 0.978. The molecule has 9 heteroatoms. The minimum Gasteiger partial charge on any atom is -0.480 e. The molecule has 2 N–H and O–H groups in total. The summed E-state index contributed by atoms with van der Waals surface area (Å²) in [5.74, 6) is -2.14. The molecule has 0 bridgehead atoms. The van der Waals surface area contributed by atoms with E-state index in [0.717, 1.165) is 17.3 Å². The van der Waals surface area contributed by atoms with Crippen LogP contribution in [0, 0.1) is 0 Å². The maximum absolute atomic E-state index is 12.5. The van der Waals surface area contributed by atoms with Gasteiger partial charge in [-0.1, -0.05) is 47.7 Å². The molecule has 126 valence electrons. The summed E-state index contributed by atoms with van der Waals surface area (Å²) in [5.41, 5.74) is 0.780. The van der Waals surface area contributed by atoms with Gasteiger partial charge in [-0.05, 0) is 30.7 Å². The van der Waals surface area contributed by atoms with Crippen molar-refractivity contribution in [2.24, 2.45) is 0 Å². The Morgan fingerprint density at radius 2 is 2.04 bits per heavy atom. The van der Waals surface area contributed by atoms with E-state index in [4.69, 9.17) is 28.9 Å². The van der Waals surface area contributed by atoms with Crippen molar-refractivity contribution in [3.63, 3.8) is 0 Å². The van der Waals surface area contributed by atoms with Crippen LogP contribution in [0.1, 0.15) is 12.5 Å². The second-order valence-electron chi connectivity index (χ2n) is 4.89. The van der Waals surface area contributed by atoms with Gasteiger partial charge >= 0.3 is 5.97 Å². The van der Waals surface area contributed by atoms with E-state index < -0.39 is 30.4 Å². The molecule has 1 fully saturated rings. The van der Waals surface area contributed by atoms with Crippen molar-refractivity contribution in [2.45, 2.75) is 13.0 Å². The average molecular weight is 385 g/mol. The lowest BCUT2D eigenvalue weighted by Crippen LogP contribution is -2.48. The molecule has 2 rings (SSSR count). The van der Waals surface area contributed by atoms with Gasteiger partial charge in [0.05, 0.1) is 4.91 Å². The van der Waals surface area contributed by atoms with E-state index in [9.17, 15) is 14.4 Å². The minimum atomic E-state index is -1.16. The second-order valence-corrected chi connectivity index (χ2v) is 7.00. The first-order valence-electron chi connectivity index (χ1n) is 6.81. The molecular weight excluding hydrogens is 372 g/mol. The summed E-state index contributed by atoms with van der Waals surface area (Å²) in [6, 6.07) is 6.04. The zero-order valence-corrected chi connectivity index (χ0v) is 14.9. The van der Waals surface area contributed by atoms with Crippen molar-refractivity contribution in [1.82, 2.24) is 10.2 Å². The number of carbonyl (C=O) groups is 3. The molecule has 0 aromatic heterocycles. The van der Waals surface area contributed by atoms with Gasteiger partial charge < -0.3 is 10.4 Å². The molecule has 1 saturated heterocycles. The van der Waals surface area contributed by atoms with E-state index in [1.807, 2.05) is 0 Å². The largest absolute Gasteiger partial charge is 0.480 e. The predicted octanol–water partition coefficient (Wildman–Crippen LogP) is 2.13. The van der Waals surface area contributed by atoms with Gasteiger partial charge in [0.25, 0.3) is 5.91 Å². The SMILES string of the molecule is CC(C(=O)NCC(=O)O)N1C(=O)/C(=C/c2ccc(Cl)cc2)SC1=S. The fraction of sp³-hybridized carbons (Fsp3) is 0.200. The van der Waals surface area contributed by atoms with E-state index in [2.05, 4.69) is 5.32 Å². The van der Waals surface area contributed by atoms with Gasteiger partial charge in [0.2, 0.25) is 5.91 Å². The zero-order valence-electron chi connectivity index (χ0n) is 12.5. The maximum Gasteiger partial charge on any atom is 0.322 e. The summed E-state index contributed by atoms with van der Waals surface area (Å²) in [6.07, 6.45) is 1.66. The highest BCUT2D eigenvalue weighted by atomic mass is 35.5. The number of thioether (sulfide) groups is 1. The fourth-order valence-corrected chi connectivity index (χ4v) is 3.50. The highest BCUT2D eigenvalue weighted by Gasteiger charge is 2.38. The Morgan fingerprint density at radius 3 is 2.62 bits per heavy atom. The molecule has 1 aliphatic rings. The van der Waals surface area contributed by atoms with Crippen LogP contribution < -0.4 is 5.32 Å². The summed E-state index contributed by atoms with van der Waals surface area (Å²) in [4.78, 5) is 36.5. The van der Waals surface area contributed by atoms with Gasteiger partial charge in [0.1, 0.15) is 16.9 Å². The van der Waals surface area contributed by atoms with Crippen LogP contribution in [0.5, 0.6) is 0 Å². The van der Waals surface area contributed by atoms with Crippen molar-refractivity contribution in [3.05, 3.63) is 39.8 Å². The lowest BCUT2D eigenvalue weighted by molar-refractivity contribution is -0.139. The standard InChI is InChI=1S/C15H13ClN2O4S2/c1-8(13(21)17-7-12(19)20)18-14(22)11(24-15(18)23)6-9-2-4-10(16)5-3-9/h2-6,8H,7H2,1H3,(H,17,21)(H,19,20)/b11-6-. The smallest absolute Gasteiger partial charge is 0.322 e. The van der Waals surface area contributed by atoms with Gasteiger partial charge in [-0.2, -0.15) is 0 Å². The van der Waals surface area contributed by atoms with Crippen LogP contribution in [-0.4, -0.2) is 44.7 Å². The Bertz CT molecular complexity index is 733. The number of benzene rings is 1. The Hall–Kier alpha value is -1.90. The van der Waals surface area contributed by atoms with E-state index in [1.54, 1.807) is 30.3 Å². The van der Waals surface area contributed by atoms with E-state index in [1.165, 1.54) is 11.8 Å². The lowest BCUT2D eigenvalue weighted by atomic mass is 10.2.